The summed E-state index contributed by atoms with van der Waals surface area (Å²) in [6.45, 7) is 1.93. The Morgan fingerprint density at radius 2 is 2.04 bits per heavy atom. The first-order valence-corrected chi connectivity index (χ1v) is 7.30. The fourth-order valence-electron chi connectivity index (χ4n) is 2.50. The highest BCUT2D eigenvalue weighted by Gasteiger charge is 2.17. The molecule has 3 rings (SSSR count). The van der Waals surface area contributed by atoms with Crippen molar-refractivity contribution in [3.8, 4) is 6.07 Å². The van der Waals surface area contributed by atoms with Crippen LogP contribution in [0.2, 0.25) is 5.02 Å². The highest BCUT2D eigenvalue weighted by atomic mass is 35.5. The zero-order valence-electron chi connectivity index (χ0n) is 12.6. The topological polar surface area (TPSA) is 70.7 Å². The number of rotatable bonds is 2. The summed E-state index contributed by atoms with van der Waals surface area (Å²) in [5, 5.41) is 12.7. The van der Waals surface area contributed by atoms with Gasteiger partial charge in [0.15, 0.2) is 0 Å². The number of nitriles is 1. The van der Waals surface area contributed by atoms with Crippen LogP contribution in [-0.2, 0) is 7.05 Å². The lowest BCUT2D eigenvalue weighted by atomic mass is 10.1. The number of aryl methyl sites for hydroxylation is 2. The molecule has 2 heterocycles. The van der Waals surface area contributed by atoms with Gasteiger partial charge in [0, 0.05) is 30.5 Å². The molecule has 1 amide bonds. The van der Waals surface area contributed by atoms with Gasteiger partial charge in [0.05, 0.1) is 22.2 Å². The molecule has 6 heteroatoms. The third kappa shape index (κ3) is 2.65. The van der Waals surface area contributed by atoms with Gasteiger partial charge in [-0.2, -0.15) is 5.26 Å². The molecule has 114 valence electrons. The van der Waals surface area contributed by atoms with Crippen LogP contribution in [0.4, 0.5) is 5.69 Å². The molecule has 0 fully saturated rings. The van der Waals surface area contributed by atoms with Crippen molar-refractivity contribution < 1.29 is 4.79 Å². The lowest BCUT2D eigenvalue weighted by molar-refractivity contribution is 0.102. The lowest BCUT2D eigenvalue weighted by Gasteiger charge is -2.08. The van der Waals surface area contributed by atoms with Crippen LogP contribution in [0, 0.1) is 18.3 Å². The average Bonchev–Trinajstić information content (AvgIpc) is 2.83. The van der Waals surface area contributed by atoms with E-state index in [2.05, 4.69) is 10.3 Å². The maximum Gasteiger partial charge on any atom is 0.258 e. The summed E-state index contributed by atoms with van der Waals surface area (Å²) in [6.07, 6.45) is 3.40. The largest absolute Gasteiger partial charge is 0.335 e. The van der Waals surface area contributed by atoms with Crippen molar-refractivity contribution in [3.63, 3.8) is 0 Å². The Morgan fingerprint density at radius 3 is 2.70 bits per heavy atom. The number of fused-ring (bicyclic) bond motifs is 1. The second-order valence-electron chi connectivity index (χ2n) is 5.25. The van der Waals surface area contributed by atoms with Crippen LogP contribution in [0.25, 0.3) is 11.0 Å². The number of nitrogens with zero attached hydrogens (tertiary/aromatic N) is 3. The maximum atomic E-state index is 12.4. The van der Waals surface area contributed by atoms with Gasteiger partial charge in [0.25, 0.3) is 5.91 Å². The summed E-state index contributed by atoms with van der Waals surface area (Å²) in [7, 11) is 1.88. The Labute approximate surface area is 138 Å². The molecule has 0 spiro atoms. The van der Waals surface area contributed by atoms with Gasteiger partial charge < -0.3 is 9.88 Å². The molecule has 0 saturated heterocycles. The minimum Gasteiger partial charge on any atom is -0.335 e. The molecule has 0 aliphatic rings. The van der Waals surface area contributed by atoms with Crippen LogP contribution in [-0.4, -0.2) is 15.5 Å². The highest BCUT2D eigenvalue weighted by Crippen LogP contribution is 2.29. The molecule has 0 bridgehead atoms. The van der Waals surface area contributed by atoms with Crippen molar-refractivity contribution >= 4 is 34.2 Å². The fourth-order valence-corrected chi connectivity index (χ4v) is 2.87. The first-order chi connectivity index (χ1) is 11.0. The summed E-state index contributed by atoms with van der Waals surface area (Å²) < 4.78 is 1.87. The van der Waals surface area contributed by atoms with E-state index in [0.29, 0.717) is 21.8 Å². The number of nitrogens with one attached hydrogen (secondary N) is 1. The molecule has 0 unspecified atom stereocenters. The zero-order chi connectivity index (χ0) is 16.6. The molecule has 0 radical (unpaired) electrons. The molecular formula is C17H13ClN4O. The Kier molecular flexibility index (Phi) is 3.77. The van der Waals surface area contributed by atoms with Gasteiger partial charge in [-0.3, -0.25) is 4.79 Å². The van der Waals surface area contributed by atoms with Crippen LogP contribution < -0.4 is 5.32 Å². The summed E-state index contributed by atoms with van der Waals surface area (Å²) in [6, 6.07) is 8.65. The van der Waals surface area contributed by atoms with Crippen LogP contribution in [0.3, 0.4) is 0 Å². The predicted molar refractivity (Wildman–Crippen MR) is 89.6 cm³/mol. The minimum absolute atomic E-state index is 0.317. The Bertz CT molecular complexity index is 951. The van der Waals surface area contributed by atoms with E-state index in [1.54, 1.807) is 24.3 Å². The van der Waals surface area contributed by atoms with Gasteiger partial charge in [0.1, 0.15) is 5.65 Å². The summed E-state index contributed by atoms with van der Waals surface area (Å²) in [4.78, 5) is 16.8. The molecule has 1 N–H and O–H groups in total. The van der Waals surface area contributed by atoms with E-state index in [4.69, 9.17) is 16.9 Å². The molecule has 0 aliphatic carbocycles. The number of carbonyl (C=O) groups excluding carboxylic acids is 1. The standard InChI is InChI=1S/C17H13ClN4O/c1-10-9-22(2)16-14(10)15(18)13(8-20-16)17(23)21-12-5-3-11(7-19)4-6-12/h3-6,8-9H,1-2H3,(H,21,23). The number of halogens is 1. The molecule has 0 aliphatic heterocycles. The normalized spacial score (nSPS) is 10.5. The van der Waals surface area contributed by atoms with Crippen LogP contribution >= 0.6 is 11.6 Å². The SMILES string of the molecule is Cc1cn(C)c2ncc(C(=O)Nc3ccc(C#N)cc3)c(Cl)c12. The fraction of sp³-hybridized carbons (Fsp3) is 0.118. The third-order valence-electron chi connectivity index (χ3n) is 3.63. The van der Waals surface area contributed by atoms with Crippen molar-refractivity contribution in [2.24, 2.45) is 7.05 Å². The molecule has 3 aromatic rings. The van der Waals surface area contributed by atoms with Crippen molar-refractivity contribution in [3.05, 3.63) is 58.4 Å². The summed E-state index contributed by atoms with van der Waals surface area (Å²) in [5.41, 5.74) is 3.15. The third-order valence-corrected chi connectivity index (χ3v) is 4.02. The molecule has 5 nitrogen and oxygen atoms in total. The number of hydrogen-bond donors (Lipinski definition) is 1. The van der Waals surface area contributed by atoms with E-state index in [-0.39, 0.29) is 5.91 Å². The number of carbonyl (C=O) groups is 1. The molecule has 2 aromatic heterocycles. The van der Waals surface area contributed by atoms with Crippen molar-refractivity contribution in [2.45, 2.75) is 6.92 Å². The van der Waals surface area contributed by atoms with E-state index in [1.165, 1.54) is 6.20 Å². The summed E-state index contributed by atoms with van der Waals surface area (Å²) in [5.74, 6) is -0.336. The quantitative estimate of drug-likeness (QED) is 0.782. The Balaban J connectivity index is 1.96. The van der Waals surface area contributed by atoms with Gasteiger partial charge in [-0.05, 0) is 36.8 Å². The second-order valence-corrected chi connectivity index (χ2v) is 5.63. The Hall–Kier alpha value is -2.84. The predicted octanol–water partition coefficient (Wildman–Crippen LogP) is 3.66. The lowest BCUT2D eigenvalue weighted by Crippen LogP contribution is -2.13. The monoisotopic (exact) mass is 324 g/mol. The van der Waals surface area contributed by atoms with Crippen molar-refractivity contribution in [1.82, 2.24) is 9.55 Å². The first-order valence-electron chi connectivity index (χ1n) is 6.93. The van der Waals surface area contributed by atoms with Crippen LogP contribution in [0.15, 0.2) is 36.7 Å². The number of anilines is 1. The van der Waals surface area contributed by atoms with E-state index < -0.39 is 0 Å². The molecule has 0 atom stereocenters. The second kappa shape index (κ2) is 5.75. The Morgan fingerprint density at radius 1 is 1.35 bits per heavy atom. The molecule has 0 saturated carbocycles. The van der Waals surface area contributed by atoms with Gasteiger partial charge in [-0.15, -0.1) is 0 Å². The maximum absolute atomic E-state index is 12.4. The van der Waals surface area contributed by atoms with Gasteiger partial charge >= 0.3 is 0 Å². The minimum atomic E-state index is -0.336. The van der Waals surface area contributed by atoms with E-state index in [1.807, 2.05) is 30.8 Å². The average molecular weight is 325 g/mol. The van der Waals surface area contributed by atoms with E-state index >= 15 is 0 Å². The van der Waals surface area contributed by atoms with E-state index in [9.17, 15) is 4.79 Å². The number of amides is 1. The van der Waals surface area contributed by atoms with Gasteiger partial charge in [-0.1, -0.05) is 11.6 Å². The highest BCUT2D eigenvalue weighted by molar-refractivity contribution is 6.39. The van der Waals surface area contributed by atoms with Crippen molar-refractivity contribution in [2.75, 3.05) is 5.32 Å². The number of benzene rings is 1. The van der Waals surface area contributed by atoms with Gasteiger partial charge in [0.2, 0.25) is 0 Å². The number of pyridine rings is 1. The first kappa shape index (κ1) is 15.1. The smallest absolute Gasteiger partial charge is 0.258 e. The van der Waals surface area contributed by atoms with Crippen LogP contribution in [0.5, 0.6) is 0 Å². The molecular weight excluding hydrogens is 312 g/mol. The molecule has 1 aromatic carbocycles. The summed E-state index contributed by atoms with van der Waals surface area (Å²) >= 11 is 6.41. The zero-order valence-corrected chi connectivity index (χ0v) is 13.3. The van der Waals surface area contributed by atoms with Crippen molar-refractivity contribution in [1.29, 1.82) is 5.26 Å². The van der Waals surface area contributed by atoms with Gasteiger partial charge in [-0.25, -0.2) is 4.98 Å². The van der Waals surface area contributed by atoms with Crippen LogP contribution in [0.1, 0.15) is 21.5 Å². The number of hydrogen-bond acceptors (Lipinski definition) is 3. The number of aromatic nitrogens is 2. The molecule has 23 heavy (non-hydrogen) atoms. The van der Waals surface area contributed by atoms with E-state index in [0.717, 1.165) is 16.6 Å².